The Morgan fingerprint density at radius 3 is 1.55 bits per heavy atom. The van der Waals surface area contributed by atoms with Crippen LogP contribution in [0, 0.1) is 28.6 Å². The van der Waals surface area contributed by atoms with Crippen LogP contribution in [0.2, 0.25) is 0 Å². The number of carbonyl (C=O) groups is 1. The Kier molecular flexibility index (Phi) is 14.8. The van der Waals surface area contributed by atoms with E-state index in [0.717, 1.165) is 38.5 Å². The van der Waals surface area contributed by atoms with Gasteiger partial charge in [-0.1, -0.05) is 6.92 Å². The van der Waals surface area contributed by atoms with E-state index in [0.29, 0.717) is 38.0 Å². The Balaban J connectivity index is 0.765. The van der Waals surface area contributed by atoms with E-state index >= 15 is 0 Å². The SMILES string of the molecule is CO[C@H]1C[C@H](O[C@@H]2[C@@H](C)O[C@@H](O[C@H]3[C@@H](OC)C[C@H](O[C@H]4[C@@H](OC)C[C@H](O[C@H]5CC[C@@]6(C)[C@@H](CC[C@@]78O[C@@H](C)[C@@H]9C[C@H](O)C(=O)[C@]9(C)[C@@H](C[C@@H]76)O8)C5)O[C@@H]4C)O[C@@H]3C)C[C@H]2OC)O[C@H](C)[C@H]1O. The summed E-state index contributed by atoms with van der Waals surface area (Å²) < 4.78 is 89.3. The lowest BCUT2D eigenvalue weighted by molar-refractivity contribution is -0.347. The van der Waals surface area contributed by atoms with Gasteiger partial charge in [-0.15, -0.1) is 0 Å². The molecule has 9 aliphatic rings. The molecular weight excluding hydrogens is 861 g/mol. The molecule has 9 rings (SSSR count). The molecule has 0 unspecified atom stereocenters. The van der Waals surface area contributed by atoms with E-state index < -0.39 is 85.2 Å². The summed E-state index contributed by atoms with van der Waals surface area (Å²) in [7, 11) is 6.60. The average Bonchev–Trinajstić information content (AvgIpc) is 3.77. The molecule has 3 aliphatic carbocycles. The minimum absolute atomic E-state index is 0.0248. The van der Waals surface area contributed by atoms with Crippen LogP contribution >= 0.6 is 0 Å². The monoisotopic (exact) mass is 941 g/mol. The van der Waals surface area contributed by atoms with Gasteiger partial charge < -0.3 is 76.5 Å². The van der Waals surface area contributed by atoms with Gasteiger partial charge in [0.25, 0.3) is 0 Å². The lowest BCUT2D eigenvalue weighted by Gasteiger charge is -2.57. The van der Waals surface area contributed by atoms with Crippen LogP contribution in [0.25, 0.3) is 0 Å². The van der Waals surface area contributed by atoms with Gasteiger partial charge in [0.15, 0.2) is 36.7 Å². The summed E-state index contributed by atoms with van der Waals surface area (Å²) in [6.45, 7) is 14.2. The van der Waals surface area contributed by atoms with E-state index in [9.17, 15) is 15.0 Å². The smallest absolute Gasteiger partial charge is 0.172 e. The second kappa shape index (κ2) is 19.6. The molecule has 17 nitrogen and oxygen atoms in total. The summed E-state index contributed by atoms with van der Waals surface area (Å²) in [6, 6.07) is 0. The van der Waals surface area contributed by atoms with Crippen molar-refractivity contribution in [2.75, 3.05) is 28.4 Å². The third-order valence-corrected chi connectivity index (χ3v) is 18.1. The summed E-state index contributed by atoms with van der Waals surface area (Å²) in [6.07, 6.45) is -1.02. The fourth-order valence-corrected chi connectivity index (χ4v) is 14.3. The van der Waals surface area contributed by atoms with Gasteiger partial charge in [-0.25, -0.2) is 0 Å². The number of aliphatic hydroxyl groups is 2. The van der Waals surface area contributed by atoms with Crippen molar-refractivity contribution in [3.05, 3.63) is 0 Å². The molecule has 0 aromatic heterocycles. The number of Topliss-reactive ketones (excluding diaryl/α,β-unsaturated/α-hetero) is 1. The van der Waals surface area contributed by atoms with Gasteiger partial charge in [0.05, 0.1) is 72.6 Å². The van der Waals surface area contributed by atoms with Crippen molar-refractivity contribution in [3.8, 4) is 0 Å². The highest BCUT2D eigenvalue weighted by atomic mass is 16.8. The Labute approximate surface area is 391 Å². The van der Waals surface area contributed by atoms with Crippen LogP contribution in [0.1, 0.15) is 119 Å². The molecule has 26 atom stereocenters. The predicted octanol–water partition coefficient (Wildman–Crippen LogP) is 4.56. The molecule has 9 fully saturated rings. The summed E-state index contributed by atoms with van der Waals surface area (Å²) in [5.74, 6) is -0.238. The number of aliphatic hydroxyl groups excluding tert-OH is 2. The van der Waals surface area contributed by atoms with Gasteiger partial charge >= 0.3 is 0 Å². The molecule has 2 bridgehead atoms. The van der Waals surface area contributed by atoms with Crippen molar-refractivity contribution in [2.24, 2.45) is 28.6 Å². The number of ketones is 1. The molecule has 0 radical (unpaired) electrons. The normalized spacial score (nSPS) is 55.2. The van der Waals surface area contributed by atoms with Crippen LogP contribution < -0.4 is 0 Å². The van der Waals surface area contributed by atoms with E-state index in [1.807, 2.05) is 27.7 Å². The molecule has 6 saturated heterocycles. The molecule has 2 N–H and O–H groups in total. The quantitative estimate of drug-likeness (QED) is 0.259. The van der Waals surface area contributed by atoms with Crippen molar-refractivity contribution in [3.63, 3.8) is 0 Å². The minimum atomic E-state index is -0.947. The van der Waals surface area contributed by atoms with Crippen molar-refractivity contribution in [1.82, 2.24) is 0 Å². The molecule has 66 heavy (non-hydrogen) atoms. The zero-order chi connectivity index (χ0) is 47.0. The van der Waals surface area contributed by atoms with Gasteiger partial charge in [0.1, 0.15) is 30.5 Å². The maximum absolute atomic E-state index is 13.5. The third kappa shape index (κ3) is 8.90. The van der Waals surface area contributed by atoms with Crippen molar-refractivity contribution < 1.29 is 81.3 Å². The van der Waals surface area contributed by atoms with E-state index in [-0.39, 0.29) is 71.9 Å². The van der Waals surface area contributed by atoms with E-state index in [4.69, 9.17) is 66.3 Å². The Morgan fingerprint density at radius 2 is 1.03 bits per heavy atom. The zero-order valence-electron chi connectivity index (χ0n) is 41.1. The highest BCUT2D eigenvalue weighted by molar-refractivity contribution is 5.91. The summed E-state index contributed by atoms with van der Waals surface area (Å²) >= 11 is 0. The molecular formula is C49H80O17. The maximum Gasteiger partial charge on any atom is 0.172 e. The number of carbonyl (C=O) groups excluding carboxylic acids is 1. The van der Waals surface area contributed by atoms with Crippen LogP contribution in [-0.2, 0) is 71.1 Å². The summed E-state index contributed by atoms with van der Waals surface area (Å²) in [4.78, 5) is 13.5. The molecule has 0 aromatic rings. The number of hydrogen-bond acceptors (Lipinski definition) is 17. The first-order valence-corrected chi connectivity index (χ1v) is 25.1. The Morgan fingerprint density at radius 1 is 0.545 bits per heavy atom. The number of ether oxygens (including phenoxy) is 14. The van der Waals surface area contributed by atoms with Crippen molar-refractivity contribution in [1.29, 1.82) is 0 Å². The molecule has 0 amide bonds. The topological polar surface area (TPSA) is 187 Å². The highest BCUT2D eigenvalue weighted by Crippen LogP contribution is 2.67. The molecule has 6 heterocycles. The van der Waals surface area contributed by atoms with E-state index in [1.54, 1.807) is 35.4 Å². The Bertz CT molecular complexity index is 1670. The second-order valence-electron chi connectivity index (χ2n) is 21.7. The second-order valence-corrected chi connectivity index (χ2v) is 21.7. The molecule has 1 spiro atoms. The first-order valence-electron chi connectivity index (χ1n) is 25.1. The zero-order valence-corrected chi connectivity index (χ0v) is 41.1. The summed E-state index contributed by atoms with van der Waals surface area (Å²) in [5, 5.41) is 21.1. The molecule has 17 heteroatoms. The van der Waals surface area contributed by atoms with E-state index in [2.05, 4.69) is 13.8 Å². The van der Waals surface area contributed by atoms with Gasteiger partial charge in [-0.2, -0.15) is 0 Å². The summed E-state index contributed by atoms with van der Waals surface area (Å²) in [5.41, 5.74) is -0.764. The van der Waals surface area contributed by atoms with Crippen molar-refractivity contribution >= 4 is 5.78 Å². The third-order valence-electron chi connectivity index (χ3n) is 18.1. The van der Waals surface area contributed by atoms with Crippen LogP contribution in [0.3, 0.4) is 0 Å². The lowest BCUT2D eigenvalue weighted by atomic mass is 9.52. The number of rotatable bonds is 12. The van der Waals surface area contributed by atoms with Gasteiger partial charge in [0.2, 0.25) is 0 Å². The molecule has 3 saturated carbocycles. The molecule has 378 valence electrons. The average molecular weight is 941 g/mol. The van der Waals surface area contributed by atoms with Gasteiger partial charge in [0, 0.05) is 72.4 Å². The van der Waals surface area contributed by atoms with Crippen LogP contribution in [0.4, 0.5) is 0 Å². The lowest BCUT2D eigenvalue weighted by Crippen LogP contribution is -2.58. The fraction of sp³-hybridized carbons (Fsp3) is 0.980. The van der Waals surface area contributed by atoms with Crippen molar-refractivity contribution in [2.45, 2.75) is 248 Å². The standard InChI is InChI=1S/C49H80O17/c1-23-30-17-31(50)46(52)48(30,7)37-22-36-47(6)14-13-29(16-28(47)12-15-49(36,65-23)66-37)61-38-19-33(54-9)43(25(3)58-38)63-40-21-35(56-11)45(27(5)60-40)64-41-20-34(55-10)44(26(4)59-41)62-39-18-32(53-8)42(51)24(2)57-39/h23-45,50-51H,12-22H2,1-11H3/t23-,24+,25+,26+,27+,28-,29-,30-,31-,32-,33-,34+,35-,36+,37+,38-,39-,40-,41-,42+,43+,44+,45+,47-,48-,49-/m0/s1. The molecule has 0 aromatic carbocycles. The first kappa shape index (κ1) is 50.0. The maximum atomic E-state index is 13.5. The highest BCUT2D eigenvalue weighted by Gasteiger charge is 2.71. The van der Waals surface area contributed by atoms with Crippen LogP contribution in [0.15, 0.2) is 0 Å². The van der Waals surface area contributed by atoms with Gasteiger partial charge in [-0.3, -0.25) is 4.79 Å². The van der Waals surface area contributed by atoms with Crippen LogP contribution in [0.5, 0.6) is 0 Å². The Hall–Kier alpha value is -0.970. The number of fused-ring (bicyclic) bond motifs is 5. The number of methoxy groups -OCH3 is 4. The first-order chi connectivity index (χ1) is 31.4. The number of hydrogen-bond donors (Lipinski definition) is 2. The minimum Gasteiger partial charge on any atom is -0.388 e. The van der Waals surface area contributed by atoms with Crippen LogP contribution in [-0.4, -0.2) is 173 Å². The fourth-order valence-electron chi connectivity index (χ4n) is 14.3. The van der Waals surface area contributed by atoms with Gasteiger partial charge in [-0.05, 0) is 91.4 Å². The predicted molar refractivity (Wildman–Crippen MR) is 233 cm³/mol. The van der Waals surface area contributed by atoms with E-state index in [1.165, 1.54) is 0 Å². The largest absolute Gasteiger partial charge is 0.388 e. The molecule has 6 aliphatic heterocycles.